The van der Waals surface area contributed by atoms with Crippen molar-refractivity contribution in [2.45, 2.75) is 38.6 Å². The van der Waals surface area contributed by atoms with Crippen LogP contribution in [0.4, 0.5) is 17.3 Å². The van der Waals surface area contributed by atoms with Crippen LogP contribution in [0.5, 0.6) is 0 Å². The number of aromatic nitrogens is 3. The highest BCUT2D eigenvalue weighted by Gasteiger charge is 2.28. The molecule has 178 valence electrons. The van der Waals surface area contributed by atoms with Crippen LogP contribution in [0.1, 0.15) is 44.2 Å². The number of benzene rings is 2. The molecule has 0 bridgehead atoms. The number of nitrogens with zero attached hydrogens (tertiary/aromatic N) is 4. The van der Waals surface area contributed by atoms with Crippen molar-refractivity contribution in [2.75, 3.05) is 15.8 Å². The van der Waals surface area contributed by atoms with E-state index in [0.29, 0.717) is 29.7 Å². The second-order valence-electron chi connectivity index (χ2n) is 8.72. The number of fused-ring (bicyclic) bond motifs is 1. The first-order valence-corrected chi connectivity index (χ1v) is 13.4. The summed E-state index contributed by atoms with van der Waals surface area (Å²) in [6, 6.07) is 17.7. The van der Waals surface area contributed by atoms with Crippen molar-refractivity contribution in [3.8, 4) is 17.3 Å². The van der Waals surface area contributed by atoms with Crippen LogP contribution in [0.15, 0.2) is 60.9 Å². The Morgan fingerprint density at radius 1 is 1.09 bits per heavy atom. The quantitative estimate of drug-likeness (QED) is 0.336. The zero-order valence-corrected chi connectivity index (χ0v) is 20.2. The van der Waals surface area contributed by atoms with Crippen molar-refractivity contribution in [2.24, 2.45) is 0 Å². The van der Waals surface area contributed by atoms with Gasteiger partial charge in [-0.2, -0.15) is 5.26 Å². The molecule has 5 rings (SSSR count). The fourth-order valence-corrected chi connectivity index (χ4v) is 5.63. The van der Waals surface area contributed by atoms with Crippen molar-refractivity contribution >= 4 is 38.2 Å². The van der Waals surface area contributed by atoms with E-state index in [-0.39, 0.29) is 5.75 Å². The summed E-state index contributed by atoms with van der Waals surface area (Å²) in [6.45, 7) is 1.83. The van der Waals surface area contributed by atoms with E-state index in [4.69, 9.17) is 0 Å². The monoisotopic (exact) mass is 486 g/mol. The maximum atomic E-state index is 12.2. The smallest absolute Gasteiger partial charge is 0.232 e. The predicted octanol–water partition coefficient (Wildman–Crippen LogP) is 5.59. The van der Waals surface area contributed by atoms with Crippen LogP contribution >= 0.6 is 0 Å². The van der Waals surface area contributed by atoms with E-state index in [1.807, 2.05) is 37.3 Å². The summed E-state index contributed by atoms with van der Waals surface area (Å²) in [4.78, 5) is 8.48. The third-order valence-corrected chi connectivity index (χ3v) is 7.77. The molecule has 0 unspecified atom stereocenters. The first kappa shape index (κ1) is 22.9. The highest BCUT2D eigenvalue weighted by molar-refractivity contribution is 7.92. The van der Waals surface area contributed by atoms with Gasteiger partial charge in [-0.15, -0.1) is 0 Å². The normalized spacial score (nSPS) is 13.8. The standard InChI is InChI=1S/C26H26N6O2S/c1-2-15-35(33,34)31-19-9-7-18(8-10-19)25-23(17-27)22-12-11-20(30-26-28-13-4-14-29-26)16-24(22)32(25)21-5-3-6-21/h4,7-14,16,21,31H,2-3,5-6,15H2,1H3,(H,28,29,30). The molecule has 0 atom stereocenters. The molecule has 9 heteroatoms. The Balaban J connectivity index is 1.58. The molecule has 1 aliphatic carbocycles. The summed E-state index contributed by atoms with van der Waals surface area (Å²) in [5.74, 6) is 0.587. The van der Waals surface area contributed by atoms with Crippen LogP contribution in [0.25, 0.3) is 22.2 Å². The van der Waals surface area contributed by atoms with Crippen molar-refractivity contribution in [1.29, 1.82) is 5.26 Å². The first-order chi connectivity index (χ1) is 17.0. The number of nitrogens with one attached hydrogen (secondary N) is 2. The lowest BCUT2D eigenvalue weighted by Gasteiger charge is -2.30. The van der Waals surface area contributed by atoms with Crippen LogP contribution in [0.2, 0.25) is 0 Å². The molecule has 0 saturated heterocycles. The molecule has 2 heterocycles. The lowest BCUT2D eigenvalue weighted by atomic mass is 9.92. The molecule has 1 fully saturated rings. The fourth-order valence-electron chi connectivity index (χ4n) is 4.50. The largest absolute Gasteiger partial charge is 0.336 e. The molecule has 0 spiro atoms. The minimum absolute atomic E-state index is 0.0770. The van der Waals surface area contributed by atoms with Gasteiger partial charge in [-0.05, 0) is 67.6 Å². The van der Waals surface area contributed by atoms with Crippen LogP contribution < -0.4 is 10.0 Å². The van der Waals surface area contributed by atoms with Crippen molar-refractivity contribution in [3.63, 3.8) is 0 Å². The van der Waals surface area contributed by atoms with Gasteiger partial charge in [-0.25, -0.2) is 18.4 Å². The topological polar surface area (TPSA) is 113 Å². The Bertz CT molecular complexity index is 1500. The summed E-state index contributed by atoms with van der Waals surface area (Å²) in [5.41, 5.74) is 4.70. The molecular weight excluding hydrogens is 460 g/mol. The van der Waals surface area contributed by atoms with E-state index >= 15 is 0 Å². The van der Waals surface area contributed by atoms with Crippen molar-refractivity contribution in [3.05, 3.63) is 66.5 Å². The zero-order chi connectivity index (χ0) is 24.4. The SMILES string of the molecule is CCCS(=O)(=O)Nc1ccc(-c2c(C#N)c3ccc(Nc4ncccn4)cc3n2C2CCC2)cc1. The van der Waals surface area contributed by atoms with Gasteiger partial charge in [-0.1, -0.05) is 19.1 Å². The number of anilines is 3. The number of nitriles is 1. The molecule has 2 aromatic heterocycles. The second kappa shape index (κ2) is 9.39. The Morgan fingerprint density at radius 3 is 2.43 bits per heavy atom. The molecule has 4 aromatic rings. The summed E-state index contributed by atoms with van der Waals surface area (Å²) in [6.07, 6.45) is 7.17. The van der Waals surface area contributed by atoms with E-state index in [2.05, 4.69) is 30.6 Å². The van der Waals surface area contributed by atoms with Gasteiger partial charge in [-0.3, -0.25) is 4.72 Å². The molecule has 1 aliphatic rings. The number of hydrogen-bond donors (Lipinski definition) is 2. The summed E-state index contributed by atoms with van der Waals surface area (Å²) >= 11 is 0. The highest BCUT2D eigenvalue weighted by Crippen LogP contribution is 2.43. The van der Waals surface area contributed by atoms with Gasteiger partial charge in [0.2, 0.25) is 16.0 Å². The second-order valence-corrected chi connectivity index (χ2v) is 10.6. The lowest BCUT2D eigenvalue weighted by molar-refractivity contribution is 0.324. The summed E-state index contributed by atoms with van der Waals surface area (Å²) in [7, 11) is -3.37. The molecule has 2 aromatic carbocycles. The molecule has 8 nitrogen and oxygen atoms in total. The van der Waals surface area contributed by atoms with E-state index < -0.39 is 10.0 Å². The van der Waals surface area contributed by atoms with Crippen LogP contribution in [0, 0.1) is 11.3 Å². The minimum atomic E-state index is -3.37. The molecule has 35 heavy (non-hydrogen) atoms. The lowest BCUT2D eigenvalue weighted by Crippen LogP contribution is -2.18. The van der Waals surface area contributed by atoms with Crippen molar-refractivity contribution < 1.29 is 8.42 Å². The van der Waals surface area contributed by atoms with Crippen LogP contribution in [-0.2, 0) is 10.0 Å². The Labute approximate surface area is 204 Å². The van der Waals surface area contributed by atoms with Gasteiger partial charge in [0.05, 0.1) is 22.5 Å². The Morgan fingerprint density at radius 2 is 1.80 bits per heavy atom. The van der Waals surface area contributed by atoms with Gasteiger partial charge in [0.15, 0.2) is 0 Å². The van der Waals surface area contributed by atoms with Gasteiger partial charge in [0.1, 0.15) is 6.07 Å². The maximum absolute atomic E-state index is 12.2. The number of sulfonamides is 1. The maximum Gasteiger partial charge on any atom is 0.232 e. The highest BCUT2D eigenvalue weighted by atomic mass is 32.2. The van der Waals surface area contributed by atoms with E-state index in [0.717, 1.165) is 47.1 Å². The minimum Gasteiger partial charge on any atom is -0.336 e. The molecule has 1 saturated carbocycles. The van der Waals surface area contributed by atoms with Gasteiger partial charge in [0.25, 0.3) is 0 Å². The molecular formula is C26H26N6O2S. The third-order valence-electron chi connectivity index (χ3n) is 6.28. The number of rotatable bonds is 8. The van der Waals surface area contributed by atoms with Crippen LogP contribution in [-0.4, -0.2) is 28.7 Å². The first-order valence-electron chi connectivity index (χ1n) is 11.7. The summed E-state index contributed by atoms with van der Waals surface area (Å²) < 4.78 is 29.2. The van der Waals surface area contributed by atoms with E-state index in [1.54, 1.807) is 30.6 Å². The average molecular weight is 487 g/mol. The van der Waals surface area contributed by atoms with Gasteiger partial charge >= 0.3 is 0 Å². The number of hydrogen-bond acceptors (Lipinski definition) is 6. The third kappa shape index (κ3) is 4.57. The fraction of sp³-hybridized carbons (Fsp3) is 0.269. The van der Waals surface area contributed by atoms with Crippen LogP contribution in [0.3, 0.4) is 0 Å². The Hall–Kier alpha value is -3.90. The summed E-state index contributed by atoms with van der Waals surface area (Å²) in [5, 5.41) is 14.3. The molecule has 2 N–H and O–H groups in total. The van der Waals surface area contributed by atoms with Crippen molar-refractivity contribution in [1.82, 2.24) is 14.5 Å². The molecule has 0 aliphatic heterocycles. The molecule has 0 radical (unpaired) electrons. The Kier molecular flexibility index (Phi) is 6.14. The molecule has 0 amide bonds. The van der Waals surface area contributed by atoms with E-state index in [1.165, 1.54) is 0 Å². The van der Waals surface area contributed by atoms with E-state index in [9.17, 15) is 13.7 Å². The van der Waals surface area contributed by atoms with Gasteiger partial charge in [0, 0.05) is 35.2 Å². The average Bonchev–Trinajstić information content (AvgIpc) is 3.12. The predicted molar refractivity (Wildman–Crippen MR) is 138 cm³/mol. The zero-order valence-electron chi connectivity index (χ0n) is 19.4. The van der Waals surface area contributed by atoms with Gasteiger partial charge < -0.3 is 9.88 Å².